The lowest BCUT2D eigenvalue weighted by Crippen LogP contribution is -2.23. The first-order chi connectivity index (χ1) is 21.4. The lowest BCUT2D eigenvalue weighted by atomic mass is 9.94. The van der Waals surface area contributed by atoms with Crippen molar-refractivity contribution >= 4 is 27.7 Å². The van der Waals surface area contributed by atoms with Crippen LogP contribution in [0.25, 0.3) is 33.1 Å². The van der Waals surface area contributed by atoms with Crippen LogP contribution in [0.15, 0.2) is 84.0 Å². The zero-order chi connectivity index (χ0) is 30.4. The minimum absolute atomic E-state index is 0.0290. The number of nitrogens with zero attached hydrogens (tertiary/aromatic N) is 3. The predicted octanol–water partition coefficient (Wildman–Crippen LogP) is 7.80. The van der Waals surface area contributed by atoms with Gasteiger partial charge in [0.25, 0.3) is 0 Å². The molecule has 0 bridgehead atoms. The lowest BCUT2D eigenvalue weighted by molar-refractivity contribution is 0.0990. The highest BCUT2D eigenvalue weighted by Crippen LogP contribution is 2.37. The van der Waals surface area contributed by atoms with Crippen molar-refractivity contribution in [1.82, 2.24) is 19.5 Å². The molecule has 0 saturated heterocycles. The summed E-state index contributed by atoms with van der Waals surface area (Å²) in [4.78, 5) is 39.0. The molecule has 0 spiro atoms. The molecule has 1 aliphatic carbocycles. The van der Waals surface area contributed by atoms with E-state index in [4.69, 9.17) is 4.74 Å². The van der Waals surface area contributed by atoms with E-state index in [9.17, 15) is 9.59 Å². The zero-order valence-corrected chi connectivity index (χ0v) is 24.6. The summed E-state index contributed by atoms with van der Waals surface area (Å²) in [6.45, 7) is 1.78. The molecule has 1 N–H and O–H groups in total. The number of fused-ring (bicyclic) bond motifs is 2. The third-order valence-electron chi connectivity index (χ3n) is 8.91. The van der Waals surface area contributed by atoms with Gasteiger partial charge in [-0.05, 0) is 66.6 Å². The molecule has 7 nitrogen and oxygen atoms in total. The summed E-state index contributed by atoms with van der Waals surface area (Å²) in [6, 6.07) is 20.2. The second-order valence-electron chi connectivity index (χ2n) is 11.5. The fourth-order valence-electron chi connectivity index (χ4n) is 6.49. The summed E-state index contributed by atoms with van der Waals surface area (Å²) in [5.74, 6) is -0.345. The molecule has 0 amide bonds. The number of halogens is 1. The highest BCUT2D eigenvalue weighted by Gasteiger charge is 2.23. The fraction of sp³-hybridized carbons (Fsp3) is 0.222. The van der Waals surface area contributed by atoms with Gasteiger partial charge in [-0.25, -0.2) is 14.4 Å². The van der Waals surface area contributed by atoms with Crippen LogP contribution in [0.5, 0.6) is 11.6 Å². The second-order valence-corrected chi connectivity index (χ2v) is 11.5. The first-order valence-electron chi connectivity index (χ1n) is 14.9. The Morgan fingerprint density at radius 3 is 2.61 bits per heavy atom. The van der Waals surface area contributed by atoms with Crippen LogP contribution in [0.4, 0.5) is 4.39 Å². The molecular weight excluding hydrogens is 555 g/mol. The molecule has 1 aliphatic rings. The Bertz CT molecular complexity index is 2110. The van der Waals surface area contributed by atoms with Crippen LogP contribution in [-0.4, -0.2) is 25.3 Å². The summed E-state index contributed by atoms with van der Waals surface area (Å²) in [6.07, 6.45) is 7.70. The highest BCUT2D eigenvalue weighted by molar-refractivity contribution is 6.01. The normalized spacial score (nSPS) is 13.6. The maximum absolute atomic E-state index is 15.4. The van der Waals surface area contributed by atoms with E-state index in [1.165, 1.54) is 31.3 Å². The van der Waals surface area contributed by atoms with Gasteiger partial charge in [0.15, 0.2) is 22.8 Å². The van der Waals surface area contributed by atoms with Gasteiger partial charge in [0.1, 0.15) is 12.0 Å². The van der Waals surface area contributed by atoms with Crippen LogP contribution >= 0.6 is 0 Å². The molecule has 0 aliphatic heterocycles. The quantitative estimate of drug-likeness (QED) is 0.193. The molecule has 3 aromatic carbocycles. The molecule has 7 rings (SSSR count). The van der Waals surface area contributed by atoms with E-state index in [-0.39, 0.29) is 34.8 Å². The van der Waals surface area contributed by atoms with Crippen molar-refractivity contribution in [1.29, 1.82) is 0 Å². The molecule has 3 aromatic heterocycles. The number of pyridine rings is 1. The van der Waals surface area contributed by atoms with Crippen molar-refractivity contribution in [3.05, 3.63) is 118 Å². The molecule has 0 radical (unpaired) electrons. The van der Waals surface area contributed by atoms with E-state index in [0.29, 0.717) is 33.6 Å². The summed E-state index contributed by atoms with van der Waals surface area (Å²) in [7, 11) is 1.87. The molecule has 8 heteroatoms. The van der Waals surface area contributed by atoms with E-state index in [1.807, 2.05) is 60.3 Å². The summed E-state index contributed by atoms with van der Waals surface area (Å²) in [5, 5.41) is 1.19. The Balaban J connectivity index is 1.17. The number of carbonyl (C=O) groups excluding carboxylic acids is 1. The molecule has 1 saturated carbocycles. The number of hydrogen-bond donors (Lipinski definition) is 1. The number of carbonyl (C=O) groups is 1. The first kappa shape index (κ1) is 27.7. The third kappa shape index (κ3) is 4.86. The van der Waals surface area contributed by atoms with Gasteiger partial charge in [-0.15, -0.1) is 0 Å². The molecule has 1 fully saturated rings. The minimum atomic E-state index is -0.636. The van der Waals surface area contributed by atoms with Crippen molar-refractivity contribution in [2.75, 3.05) is 0 Å². The lowest BCUT2D eigenvalue weighted by Gasteiger charge is -2.16. The van der Waals surface area contributed by atoms with E-state index >= 15 is 4.39 Å². The third-order valence-corrected chi connectivity index (χ3v) is 8.91. The molecule has 44 heavy (non-hydrogen) atoms. The highest BCUT2D eigenvalue weighted by atomic mass is 19.1. The number of aromatic nitrogens is 4. The maximum atomic E-state index is 15.4. The second kappa shape index (κ2) is 11.2. The number of nitrogens with one attached hydrogen (secondary N) is 1. The number of aryl methyl sites for hydroxylation is 1. The van der Waals surface area contributed by atoms with Crippen LogP contribution in [0.1, 0.15) is 58.8 Å². The van der Waals surface area contributed by atoms with Crippen LogP contribution < -0.4 is 10.2 Å². The topological polar surface area (TPSA) is 89.9 Å². The number of ketones is 1. The number of rotatable bonds is 7. The van der Waals surface area contributed by atoms with Crippen LogP contribution in [0, 0.1) is 12.7 Å². The largest absolute Gasteiger partial charge is 0.435 e. The SMILES string of the molecule is Cc1c(C(=O)Cc2ccc(Oc3ncnc4[nH]cc(-c5ccccc5)c34)c(F)c2)c(=O)c2cc(C3CCCC3)ccc2n1C. The first-order valence-corrected chi connectivity index (χ1v) is 14.9. The number of hydrogen-bond acceptors (Lipinski definition) is 5. The van der Waals surface area contributed by atoms with Crippen LogP contribution in [0.3, 0.4) is 0 Å². The van der Waals surface area contributed by atoms with Gasteiger partial charge in [0, 0.05) is 36.3 Å². The van der Waals surface area contributed by atoms with Crippen molar-refractivity contribution < 1.29 is 13.9 Å². The van der Waals surface area contributed by atoms with Gasteiger partial charge in [0.05, 0.1) is 16.5 Å². The van der Waals surface area contributed by atoms with Crippen LogP contribution in [-0.2, 0) is 13.5 Å². The van der Waals surface area contributed by atoms with Crippen molar-refractivity contribution in [2.45, 2.75) is 44.9 Å². The number of Topliss-reactive ketones (excluding diaryl/α,β-unsaturated/α-hetero) is 1. The van der Waals surface area contributed by atoms with Gasteiger partial charge >= 0.3 is 0 Å². The number of aromatic amines is 1. The van der Waals surface area contributed by atoms with Gasteiger partial charge in [-0.2, -0.15) is 0 Å². The molecule has 0 unspecified atom stereocenters. The predicted molar refractivity (Wildman–Crippen MR) is 169 cm³/mol. The van der Waals surface area contributed by atoms with Gasteiger partial charge in [-0.1, -0.05) is 55.3 Å². The Labute approximate surface area is 253 Å². The number of H-pyrrole nitrogens is 1. The van der Waals surface area contributed by atoms with Gasteiger partial charge in [-0.3, -0.25) is 9.59 Å². The average Bonchev–Trinajstić information content (AvgIpc) is 3.73. The van der Waals surface area contributed by atoms with Gasteiger partial charge < -0.3 is 14.3 Å². The molecule has 0 atom stereocenters. The van der Waals surface area contributed by atoms with Crippen LogP contribution in [0.2, 0.25) is 0 Å². The monoisotopic (exact) mass is 586 g/mol. The summed E-state index contributed by atoms with van der Waals surface area (Å²) >= 11 is 0. The smallest absolute Gasteiger partial charge is 0.232 e. The van der Waals surface area contributed by atoms with E-state index in [1.54, 1.807) is 13.0 Å². The Kier molecular flexibility index (Phi) is 7.04. The molecular formula is C36H31FN4O3. The van der Waals surface area contributed by atoms with Gasteiger partial charge in [0.2, 0.25) is 5.88 Å². The van der Waals surface area contributed by atoms with E-state index < -0.39 is 5.82 Å². The summed E-state index contributed by atoms with van der Waals surface area (Å²) < 4.78 is 23.3. The van der Waals surface area contributed by atoms with Crippen molar-refractivity contribution in [3.8, 4) is 22.8 Å². The minimum Gasteiger partial charge on any atom is -0.435 e. The summed E-state index contributed by atoms with van der Waals surface area (Å²) in [5.41, 5.74) is 5.22. The van der Waals surface area contributed by atoms with Crippen molar-refractivity contribution in [2.24, 2.45) is 7.05 Å². The van der Waals surface area contributed by atoms with E-state index in [2.05, 4.69) is 21.0 Å². The molecule has 6 aromatic rings. The van der Waals surface area contributed by atoms with E-state index in [0.717, 1.165) is 35.0 Å². The Morgan fingerprint density at radius 2 is 1.84 bits per heavy atom. The molecule has 3 heterocycles. The average molecular weight is 587 g/mol. The molecule has 220 valence electrons. The maximum Gasteiger partial charge on any atom is 0.232 e. The standard InChI is InChI=1S/C36H31FN4O3/c1-21-32(34(43)26-18-25(23-8-6-7-9-23)13-14-29(26)41(21)2)30(42)17-22-12-15-31(28(37)16-22)44-36-33-27(24-10-4-3-5-11-24)19-38-35(33)39-20-40-36/h3-5,10-16,18-20,23H,6-9,17H2,1-2H3,(H,38,39,40). The number of ether oxygens (including phenoxy) is 1. The number of benzene rings is 3. The van der Waals surface area contributed by atoms with Crippen molar-refractivity contribution in [3.63, 3.8) is 0 Å². The Morgan fingerprint density at radius 1 is 1.05 bits per heavy atom. The fourth-order valence-corrected chi connectivity index (χ4v) is 6.49. The Hall–Kier alpha value is -5.11. The zero-order valence-electron chi connectivity index (χ0n) is 24.6.